The lowest BCUT2D eigenvalue weighted by atomic mass is 10.0. The molecule has 0 atom stereocenters. The number of piperidine rings is 1. The number of ether oxygens (including phenoxy) is 1. The Morgan fingerprint density at radius 3 is 2.56 bits per heavy atom. The molecule has 3 rings (SSSR count). The van der Waals surface area contributed by atoms with Gasteiger partial charge in [-0.15, -0.1) is 0 Å². The van der Waals surface area contributed by atoms with Crippen LogP contribution in [0.5, 0.6) is 0 Å². The number of aliphatic imine (C=N–C) groups is 1. The Labute approximate surface area is 193 Å². The van der Waals surface area contributed by atoms with Crippen molar-refractivity contribution in [2.45, 2.75) is 77.9 Å². The predicted octanol–water partition coefficient (Wildman–Crippen LogP) is 3.43. The second kappa shape index (κ2) is 11.1. The fourth-order valence-electron chi connectivity index (χ4n) is 4.16. The molecule has 180 valence electrons. The largest absolute Gasteiger partial charge is 0.444 e. The van der Waals surface area contributed by atoms with E-state index >= 15 is 0 Å². The van der Waals surface area contributed by atoms with Crippen LogP contribution in [0.25, 0.3) is 0 Å². The minimum Gasteiger partial charge on any atom is -0.444 e. The standard InChI is InChI=1S/C24H42N6O2/c1-6-25-22(26-13-7-8-20-16-27-28(5)17-20)29-14-11-21(12-15-29)30(18-19-9-10-19)23(31)32-24(2,3)4/h16-17,19,21H,6-15,18H2,1-5H3,(H,25,26). The van der Waals surface area contributed by atoms with E-state index in [2.05, 4.69) is 28.4 Å². The first kappa shape index (κ1) is 24.4. The predicted molar refractivity (Wildman–Crippen MR) is 128 cm³/mol. The van der Waals surface area contributed by atoms with Gasteiger partial charge in [0, 0.05) is 52.0 Å². The van der Waals surface area contributed by atoms with Crippen molar-refractivity contribution >= 4 is 12.1 Å². The van der Waals surface area contributed by atoms with Gasteiger partial charge in [0.1, 0.15) is 5.60 Å². The van der Waals surface area contributed by atoms with Gasteiger partial charge in [-0.25, -0.2) is 4.79 Å². The molecule has 0 aromatic carbocycles. The van der Waals surface area contributed by atoms with Crippen LogP contribution in [0.3, 0.4) is 0 Å². The smallest absolute Gasteiger partial charge is 0.410 e. The number of guanidine groups is 1. The lowest BCUT2D eigenvalue weighted by Gasteiger charge is -2.40. The topological polar surface area (TPSA) is 75.0 Å². The number of likely N-dealkylation sites (tertiary alicyclic amines) is 1. The van der Waals surface area contributed by atoms with Gasteiger partial charge in [-0.05, 0) is 77.7 Å². The van der Waals surface area contributed by atoms with Crippen molar-refractivity contribution in [3.05, 3.63) is 18.0 Å². The van der Waals surface area contributed by atoms with Gasteiger partial charge in [0.25, 0.3) is 0 Å². The van der Waals surface area contributed by atoms with Crippen molar-refractivity contribution in [1.29, 1.82) is 0 Å². The Morgan fingerprint density at radius 2 is 2.00 bits per heavy atom. The first-order valence-corrected chi connectivity index (χ1v) is 12.3. The van der Waals surface area contributed by atoms with Crippen molar-refractivity contribution in [3.8, 4) is 0 Å². The van der Waals surface area contributed by atoms with Gasteiger partial charge >= 0.3 is 6.09 Å². The summed E-state index contributed by atoms with van der Waals surface area (Å²) in [5.74, 6) is 1.64. The maximum absolute atomic E-state index is 12.9. The summed E-state index contributed by atoms with van der Waals surface area (Å²) in [6.45, 7) is 12.2. The van der Waals surface area contributed by atoms with Crippen LogP contribution in [0.2, 0.25) is 0 Å². The van der Waals surface area contributed by atoms with Crippen LogP contribution < -0.4 is 5.32 Å². The second-order valence-electron chi connectivity index (χ2n) is 10.2. The summed E-state index contributed by atoms with van der Waals surface area (Å²) in [5.41, 5.74) is 0.798. The fraction of sp³-hybridized carbons (Fsp3) is 0.792. The van der Waals surface area contributed by atoms with Gasteiger partial charge in [-0.1, -0.05) is 0 Å². The van der Waals surface area contributed by atoms with E-state index in [1.165, 1.54) is 18.4 Å². The maximum Gasteiger partial charge on any atom is 0.410 e. The summed E-state index contributed by atoms with van der Waals surface area (Å²) >= 11 is 0. The van der Waals surface area contributed by atoms with Crippen molar-refractivity contribution < 1.29 is 9.53 Å². The Balaban J connectivity index is 1.52. The number of aryl methyl sites for hydroxylation is 2. The van der Waals surface area contributed by atoms with Gasteiger partial charge < -0.3 is 19.9 Å². The number of rotatable bonds is 8. The summed E-state index contributed by atoms with van der Waals surface area (Å²) < 4.78 is 7.57. The van der Waals surface area contributed by atoms with Crippen molar-refractivity contribution in [2.24, 2.45) is 18.0 Å². The maximum atomic E-state index is 12.9. The van der Waals surface area contributed by atoms with Crippen LogP contribution in [0.4, 0.5) is 4.79 Å². The van der Waals surface area contributed by atoms with E-state index in [9.17, 15) is 4.79 Å². The highest BCUT2D eigenvalue weighted by Gasteiger charge is 2.35. The van der Waals surface area contributed by atoms with Crippen LogP contribution >= 0.6 is 0 Å². The first-order valence-electron chi connectivity index (χ1n) is 12.3. The first-order chi connectivity index (χ1) is 15.2. The summed E-state index contributed by atoms with van der Waals surface area (Å²) in [5, 5.41) is 7.68. The molecular weight excluding hydrogens is 404 g/mol. The third kappa shape index (κ3) is 7.71. The third-order valence-electron chi connectivity index (χ3n) is 5.96. The second-order valence-corrected chi connectivity index (χ2v) is 10.2. The molecule has 32 heavy (non-hydrogen) atoms. The summed E-state index contributed by atoms with van der Waals surface area (Å²) in [4.78, 5) is 22.1. The van der Waals surface area contributed by atoms with Crippen LogP contribution in [0.15, 0.2) is 17.4 Å². The van der Waals surface area contributed by atoms with E-state index in [1.54, 1.807) is 0 Å². The Kier molecular flexibility index (Phi) is 8.43. The van der Waals surface area contributed by atoms with Crippen LogP contribution in [-0.2, 0) is 18.2 Å². The molecule has 1 aromatic heterocycles. The van der Waals surface area contributed by atoms with E-state index in [1.807, 2.05) is 43.6 Å². The average molecular weight is 447 g/mol. The Morgan fingerprint density at radius 1 is 1.28 bits per heavy atom. The molecule has 1 aliphatic carbocycles. The molecule has 8 heteroatoms. The number of nitrogens with zero attached hydrogens (tertiary/aromatic N) is 5. The fourth-order valence-corrected chi connectivity index (χ4v) is 4.16. The van der Waals surface area contributed by atoms with Crippen LogP contribution in [0.1, 0.15) is 65.4 Å². The molecule has 0 bridgehead atoms. The molecular formula is C24H42N6O2. The minimum absolute atomic E-state index is 0.154. The summed E-state index contributed by atoms with van der Waals surface area (Å²) in [7, 11) is 1.95. The molecule has 1 aromatic rings. The molecule has 8 nitrogen and oxygen atoms in total. The molecule has 1 N–H and O–H groups in total. The molecule has 1 aliphatic heterocycles. The molecule has 1 saturated heterocycles. The van der Waals surface area contributed by atoms with Gasteiger partial charge in [-0.3, -0.25) is 9.67 Å². The van der Waals surface area contributed by atoms with Gasteiger partial charge in [0.15, 0.2) is 5.96 Å². The molecule has 0 unspecified atom stereocenters. The highest BCUT2D eigenvalue weighted by Crippen LogP contribution is 2.32. The highest BCUT2D eigenvalue weighted by atomic mass is 16.6. The SMILES string of the molecule is CCNC(=NCCCc1cnn(C)c1)N1CCC(N(CC2CC2)C(=O)OC(C)(C)C)CC1. The molecule has 2 heterocycles. The van der Waals surface area contributed by atoms with Gasteiger partial charge in [-0.2, -0.15) is 5.10 Å². The van der Waals surface area contributed by atoms with E-state index in [0.29, 0.717) is 5.92 Å². The Bertz CT molecular complexity index is 757. The number of hydrogen-bond acceptors (Lipinski definition) is 4. The number of amides is 1. The highest BCUT2D eigenvalue weighted by molar-refractivity contribution is 5.80. The number of carbonyl (C=O) groups excluding carboxylic acids is 1. The molecule has 1 amide bonds. The van der Waals surface area contributed by atoms with Crippen molar-refractivity contribution in [3.63, 3.8) is 0 Å². The van der Waals surface area contributed by atoms with Crippen molar-refractivity contribution in [2.75, 3.05) is 32.7 Å². The normalized spacial score (nSPS) is 18.0. The lowest BCUT2D eigenvalue weighted by Crippen LogP contribution is -2.52. The zero-order valence-corrected chi connectivity index (χ0v) is 20.6. The lowest BCUT2D eigenvalue weighted by molar-refractivity contribution is 0.00928. The number of nitrogens with one attached hydrogen (secondary N) is 1. The Hall–Kier alpha value is -2.25. The minimum atomic E-state index is -0.458. The van der Waals surface area contributed by atoms with E-state index in [0.717, 1.165) is 64.4 Å². The van der Waals surface area contributed by atoms with E-state index in [-0.39, 0.29) is 12.1 Å². The summed E-state index contributed by atoms with van der Waals surface area (Å²) in [6.07, 6.45) is 10.2. The van der Waals surface area contributed by atoms with Crippen molar-refractivity contribution in [1.82, 2.24) is 24.9 Å². The van der Waals surface area contributed by atoms with E-state index < -0.39 is 5.60 Å². The monoisotopic (exact) mass is 446 g/mol. The molecule has 1 saturated carbocycles. The van der Waals surface area contributed by atoms with Gasteiger partial charge in [0.2, 0.25) is 0 Å². The average Bonchev–Trinajstić information content (AvgIpc) is 3.46. The van der Waals surface area contributed by atoms with Crippen LogP contribution in [-0.4, -0.2) is 76.0 Å². The zero-order valence-electron chi connectivity index (χ0n) is 20.6. The molecule has 0 spiro atoms. The zero-order chi connectivity index (χ0) is 23.1. The number of carbonyl (C=O) groups is 1. The number of aromatic nitrogens is 2. The van der Waals surface area contributed by atoms with E-state index in [4.69, 9.17) is 9.73 Å². The van der Waals surface area contributed by atoms with Crippen LogP contribution in [0, 0.1) is 5.92 Å². The molecule has 2 aliphatic rings. The summed E-state index contributed by atoms with van der Waals surface area (Å²) in [6, 6.07) is 0.246. The number of hydrogen-bond donors (Lipinski definition) is 1. The molecule has 0 radical (unpaired) electrons. The quantitative estimate of drug-likeness (QED) is 0.376. The molecule has 2 fully saturated rings. The van der Waals surface area contributed by atoms with Gasteiger partial charge in [0.05, 0.1) is 6.20 Å². The third-order valence-corrected chi connectivity index (χ3v) is 5.96.